The zero-order valence-corrected chi connectivity index (χ0v) is 23.2. The van der Waals surface area contributed by atoms with Crippen molar-refractivity contribution in [3.63, 3.8) is 0 Å². The third-order valence-electron chi connectivity index (χ3n) is 7.36. The molecule has 36 heavy (non-hydrogen) atoms. The third-order valence-corrected chi connectivity index (χ3v) is 7.61. The summed E-state index contributed by atoms with van der Waals surface area (Å²) in [4.78, 5) is 5.10. The molecule has 1 unspecified atom stereocenters. The van der Waals surface area contributed by atoms with E-state index in [0.717, 1.165) is 50.8 Å². The first-order valence-corrected chi connectivity index (χ1v) is 12.8. The maximum atomic E-state index is 6.06. The summed E-state index contributed by atoms with van der Waals surface area (Å²) in [6, 6.07) is 29.0. The van der Waals surface area contributed by atoms with Crippen LogP contribution in [-0.4, -0.2) is 62.7 Å². The highest BCUT2D eigenvalue weighted by atomic mass is 35.5. The lowest BCUT2D eigenvalue weighted by Gasteiger charge is -2.46. The Balaban J connectivity index is 0.000000221. The highest BCUT2D eigenvalue weighted by Gasteiger charge is 2.36. The van der Waals surface area contributed by atoms with E-state index < -0.39 is 0 Å². The fraction of sp³-hybridized carbons (Fsp3) is 0.379. The molecule has 2 saturated heterocycles. The Hall–Kier alpha value is -1.63. The van der Waals surface area contributed by atoms with Crippen molar-refractivity contribution in [2.45, 2.75) is 18.0 Å². The average molecular weight is 548 g/mol. The second-order valence-corrected chi connectivity index (χ2v) is 10.1. The lowest BCUT2D eigenvalue weighted by atomic mass is 9.80. The van der Waals surface area contributed by atoms with Gasteiger partial charge in [0.2, 0.25) is 0 Å². The maximum absolute atomic E-state index is 6.06. The molecule has 3 aliphatic heterocycles. The molecule has 0 spiro atoms. The first-order valence-electron chi connectivity index (χ1n) is 12.4. The normalized spacial score (nSPS) is 23.6. The Kier molecular flexibility index (Phi) is 11.1. The van der Waals surface area contributed by atoms with Gasteiger partial charge in [0.25, 0.3) is 0 Å². The van der Waals surface area contributed by atoms with Crippen molar-refractivity contribution >= 4 is 36.4 Å². The SMILES string of the molecule is CN1CCN2C[C@@H](c3ccc(Cl)cc3)c3ccccc3[C@H]2C1.Cl.Cl.c1ccc(C2CNCCN2)cc1. The van der Waals surface area contributed by atoms with Crippen LogP contribution >= 0.6 is 36.4 Å². The number of piperazine rings is 2. The topological polar surface area (TPSA) is 30.5 Å². The Morgan fingerprint density at radius 2 is 1.44 bits per heavy atom. The standard InChI is InChI=1S/C19H21ClN2.C10H14N2.2ClH/c1-21-10-11-22-12-18(14-6-8-15(20)9-7-14)16-4-2-3-5-17(16)19(22)13-21;1-2-4-9(5-3-1)10-8-11-6-7-12-10;;/h2-9,18-19H,10-13H2,1H3;1-5,10-12H,6-8H2;2*1H/t18-,19+;;;/m0.../s1. The molecule has 3 heterocycles. The molecule has 0 aliphatic carbocycles. The molecule has 6 rings (SSSR count). The van der Waals surface area contributed by atoms with Crippen LogP contribution in [0.2, 0.25) is 5.02 Å². The van der Waals surface area contributed by atoms with Crippen LogP contribution in [0.4, 0.5) is 0 Å². The molecule has 4 nitrogen and oxygen atoms in total. The molecule has 3 aromatic carbocycles. The minimum Gasteiger partial charge on any atom is -0.314 e. The Morgan fingerprint density at radius 1 is 0.750 bits per heavy atom. The van der Waals surface area contributed by atoms with Gasteiger partial charge >= 0.3 is 0 Å². The monoisotopic (exact) mass is 546 g/mol. The number of hydrogen-bond donors (Lipinski definition) is 2. The van der Waals surface area contributed by atoms with Gasteiger partial charge in [-0.15, -0.1) is 24.8 Å². The van der Waals surface area contributed by atoms with Crippen LogP contribution in [0.15, 0.2) is 78.9 Å². The van der Waals surface area contributed by atoms with Crippen LogP contribution in [0.5, 0.6) is 0 Å². The fourth-order valence-corrected chi connectivity index (χ4v) is 5.62. The number of halogens is 3. The first kappa shape index (κ1) is 28.9. The Labute approximate surface area is 233 Å². The predicted molar refractivity (Wildman–Crippen MR) is 156 cm³/mol. The van der Waals surface area contributed by atoms with E-state index >= 15 is 0 Å². The summed E-state index contributed by atoms with van der Waals surface area (Å²) >= 11 is 6.06. The molecule has 7 heteroatoms. The molecule has 0 aromatic heterocycles. The fourth-order valence-electron chi connectivity index (χ4n) is 5.49. The summed E-state index contributed by atoms with van der Waals surface area (Å²) in [6.07, 6.45) is 0. The van der Waals surface area contributed by atoms with E-state index in [1.807, 2.05) is 12.1 Å². The van der Waals surface area contributed by atoms with Crippen LogP contribution in [0, 0.1) is 0 Å². The summed E-state index contributed by atoms with van der Waals surface area (Å²) in [6.45, 7) is 7.75. The van der Waals surface area contributed by atoms with Crippen LogP contribution in [-0.2, 0) is 0 Å². The van der Waals surface area contributed by atoms with E-state index in [2.05, 4.69) is 94.2 Å². The summed E-state index contributed by atoms with van der Waals surface area (Å²) in [5.74, 6) is 0.452. The molecule has 0 amide bonds. The van der Waals surface area contributed by atoms with Gasteiger partial charge in [0, 0.05) is 68.8 Å². The molecular formula is C29H37Cl3N4. The zero-order valence-electron chi connectivity index (χ0n) is 20.8. The second-order valence-electron chi connectivity index (χ2n) is 9.63. The number of nitrogens with one attached hydrogen (secondary N) is 2. The summed E-state index contributed by atoms with van der Waals surface area (Å²) in [5, 5.41) is 7.65. The number of nitrogens with zero attached hydrogens (tertiary/aromatic N) is 2. The van der Waals surface area contributed by atoms with Gasteiger partial charge in [-0.2, -0.15) is 0 Å². The van der Waals surface area contributed by atoms with Crippen LogP contribution in [0.1, 0.15) is 40.3 Å². The molecule has 3 aliphatic rings. The maximum Gasteiger partial charge on any atom is 0.0478 e. The molecule has 3 atom stereocenters. The highest BCUT2D eigenvalue weighted by molar-refractivity contribution is 6.30. The number of benzene rings is 3. The molecule has 0 radical (unpaired) electrons. The van der Waals surface area contributed by atoms with Gasteiger partial charge in [-0.3, -0.25) is 4.90 Å². The van der Waals surface area contributed by atoms with E-state index in [-0.39, 0.29) is 24.8 Å². The van der Waals surface area contributed by atoms with E-state index in [9.17, 15) is 0 Å². The van der Waals surface area contributed by atoms with Gasteiger partial charge in [0.05, 0.1) is 0 Å². The Bertz CT molecular complexity index is 1060. The van der Waals surface area contributed by atoms with Gasteiger partial charge < -0.3 is 15.5 Å². The quantitative estimate of drug-likeness (QED) is 0.441. The highest BCUT2D eigenvalue weighted by Crippen LogP contribution is 2.40. The van der Waals surface area contributed by atoms with Gasteiger partial charge in [-0.1, -0.05) is 78.3 Å². The summed E-state index contributed by atoms with van der Waals surface area (Å²) in [5.41, 5.74) is 5.74. The number of hydrogen-bond acceptors (Lipinski definition) is 4. The first-order chi connectivity index (χ1) is 16.7. The van der Waals surface area contributed by atoms with Gasteiger partial charge in [0.15, 0.2) is 0 Å². The van der Waals surface area contributed by atoms with Gasteiger partial charge in [-0.05, 0) is 41.4 Å². The van der Waals surface area contributed by atoms with Crippen molar-refractivity contribution in [3.8, 4) is 0 Å². The van der Waals surface area contributed by atoms with E-state index in [1.165, 1.54) is 22.3 Å². The molecule has 2 fully saturated rings. The molecule has 194 valence electrons. The van der Waals surface area contributed by atoms with Crippen LogP contribution in [0.3, 0.4) is 0 Å². The van der Waals surface area contributed by atoms with Gasteiger partial charge in [0.1, 0.15) is 0 Å². The Morgan fingerprint density at radius 3 is 2.14 bits per heavy atom. The number of fused-ring (bicyclic) bond motifs is 3. The lowest BCUT2D eigenvalue weighted by molar-refractivity contribution is 0.0772. The van der Waals surface area contributed by atoms with Crippen molar-refractivity contribution in [2.24, 2.45) is 0 Å². The van der Waals surface area contributed by atoms with Crippen molar-refractivity contribution in [1.29, 1.82) is 0 Å². The van der Waals surface area contributed by atoms with Crippen LogP contribution in [0.25, 0.3) is 0 Å². The van der Waals surface area contributed by atoms with Gasteiger partial charge in [-0.25, -0.2) is 0 Å². The number of rotatable bonds is 2. The smallest absolute Gasteiger partial charge is 0.0478 e. The van der Waals surface area contributed by atoms with E-state index in [0.29, 0.717) is 18.0 Å². The zero-order chi connectivity index (χ0) is 23.3. The molecular weight excluding hydrogens is 511 g/mol. The van der Waals surface area contributed by atoms with Crippen LogP contribution < -0.4 is 10.6 Å². The second kappa shape index (κ2) is 13.8. The van der Waals surface area contributed by atoms with Crippen molar-refractivity contribution in [1.82, 2.24) is 20.4 Å². The predicted octanol–water partition coefficient (Wildman–Crippen LogP) is 5.54. The molecule has 0 bridgehead atoms. The molecule has 3 aromatic rings. The minimum absolute atomic E-state index is 0. The summed E-state index contributed by atoms with van der Waals surface area (Å²) < 4.78 is 0. The van der Waals surface area contributed by atoms with Crippen molar-refractivity contribution in [2.75, 3.05) is 52.9 Å². The van der Waals surface area contributed by atoms with Crippen molar-refractivity contribution < 1.29 is 0 Å². The number of likely N-dealkylation sites (N-methyl/N-ethyl adjacent to an activating group) is 1. The molecule has 2 N–H and O–H groups in total. The molecule has 0 saturated carbocycles. The van der Waals surface area contributed by atoms with E-state index in [1.54, 1.807) is 0 Å². The third kappa shape index (κ3) is 6.81. The van der Waals surface area contributed by atoms with Crippen molar-refractivity contribution in [3.05, 3.63) is 106 Å². The summed E-state index contributed by atoms with van der Waals surface area (Å²) in [7, 11) is 2.23. The largest absolute Gasteiger partial charge is 0.314 e. The average Bonchev–Trinajstić information content (AvgIpc) is 2.90. The van der Waals surface area contributed by atoms with E-state index in [4.69, 9.17) is 11.6 Å². The minimum atomic E-state index is 0. The lowest BCUT2D eigenvalue weighted by Crippen LogP contribution is -2.50.